The minimum atomic E-state index is -0.559. The summed E-state index contributed by atoms with van der Waals surface area (Å²) in [5.41, 5.74) is 1.17. The standard InChI is InChI=1S/C14H10N2O2/c1-15-11-7-9-13(10-8-11)18-14(17)16-12-5-3-2-4-6-12/h2-10H,(H,16,17). The number of rotatable bonds is 2. The number of nitrogens with zero attached hydrogens (tertiary/aromatic N) is 1. The highest BCUT2D eigenvalue weighted by molar-refractivity contribution is 5.86. The molecule has 18 heavy (non-hydrogen) atoms. The lowest BCUT2D eigenvalue weighted by atomic mass is 10.3. The molecule has 0 aromatic heterocycles. The smallest absolute Gasteiger partial charge is 0.410 e. The molecule has 0 aliphatic carbocycles. The monoisotopic (exact) mass is 238 g/mol. The highest BCUT2D eigenvalue weighted by atomic mass is 16.6. The summed E-state index contributed by atoms with van der Waals surface area (Å²) in [6.45, 7) is 6.81. The third-order valence-electron chi connectivity index (χ3n) is 2.20. The molecule has 0 fully saturated rings. The van der Waals surface area contributed by atoms with Gasteiger partial charge in [-0.2, -0.15) is 0 Å². The molecule has 4 heteroatoms. The first-order valence-corrected chi connectivity index (χ1v) is 5.29. The summed E-state index contributed by atoms with van der Waals surface area (Å²) < 4.78 is 5.06. The molecule has 2 rings (SSSR count). The van der Waals surface area contributed by atoms with E-state index in [1.165, 1.54) is 0 Å². The summed E-state index contributed by atoms with van der Waals surface area (Å²) in [6, 6.07) is 15.4. The molecular formula is C14H10N2O2. The number of hydrogen-bond acceptors (Lipinski definition) is 2. The molecule has 4 nitrogen and oxygen atoms in total. The van der Waals surface area contributed by atoms with E-state index in [1.807, 2.05) is 18.2 Å². The van der Waals surface area contributed by atoms with Gasteiger partial charge in [0.25, 0.3) is 0 Å². The van der Waals surface area contributed by atoms with Gasteiger partial charge in [0, 0.05) is 5.69 Å². The van der Waals surface area contributed by atoms with Crippen LogP contribution in [0.3, 0.4) is 0 Å². The Labute approximate surface area is 105 Å². The zero-order valence-electron chi connectivity index (χ0n) is 9.46. The molecular weight excluding hydrogens is 228 g/mol. The number of carbonyl (C=O) groups is 1. The average molecular weight is 238 g/mol. The van der Waals surface area contributed by atoms with Crippen LogP contribution in [0.15, 0.2) is 54.6 Å². The molecule has 0 atom stereocenters. The van der Waals surface area contributed by atoms with Crippen molar-refractivity contribution in [3.63, 3.8) is 0 Å². The minimum Gasteiger partial charge on any atom is -0.410 e. The average Bonchev–Trinajstić information content (AvgIpc) is 2.40. The second kappa shape index (κ2) is 5.51. The Morgan fingerprint density at radius 3 is 2.33 bits per heavy atom. The summed E-state index contributed by atoms with van der Waals surface area (Å²) in [4.78, 5) is 14.8. The van der Waals surface area contributed by atoms with Gasteiger partial charge in [0.1, 0.15) is 5.75 Å². The highest BCUT2D eigenvalue weighted by Crippen LogP contribution is 2.18. The summed E-state index contributed by atoms with van der Waals surface area (Å²) in [6.07, 6.45) is -0.559. The van der Waals surface area contributed by atoms with Gasteiger partial charge < -0.3 is 4.74 Å². The van der Waals surface area contributed by atoms with Gasteiger partial charge in [-0.25, -0.2) is 9.64 Å². The van der Waals surface area contributed by atoms with Crippen molar-refractivity contribution in [2.45, 2.75) is 0 Å². The third-order valence-corrected chi connectivity index (χ3v) is 2.20. The number of benzene rings is 2. The minimum absolute atomic E-state index is 0.399. The molecule has 2 aromatic rings. The first kappa shape index (κ1) is 11.7. The van der Waals surface area contributed by atoms with Crippen LogP contribution in [0.1, 0.15) is 0 Å². The lowest BCUT2D eigenvalue weighted by molar-refractivity contribution is 0.215. The van der Waals surface area contributed by atoms with Crippen LogP contribution in [0.2, 0.25) is 0 Å². The molecule has 0 radical (unpaired) electrons. The van der Waals surface area contributed by atoms with Gasteiger partial charge in [-0.05, 0) is 24.3 Å². The first-order valence-electron chi connectivity index (χ1n) is 5.29. The molecule has 0 saturated carbocycles. The Hall–Kier alpha value is -2.80. The normalized spacial score (nSPS) is 9.28. The maximum atomic E-state index is 11.5. The SMILES string of the molecule is [C-]#[N+]c1ccc(OC(=O)Nc2ccccc2)cc1. The molecule has 0 heterocycles. The van der Waals surface area contributed by atoms with Crippen LogP contribution < -0.4 is 10.1 Å². The van der Waals surface area contributed by atoms with Crippen molar-refractivity contribution in [3.05, 3.63) is 66.0 Å². The van der Waals surface area contributed by atoms with Crippen molar-refractivity contribution in [1.82, 2.24) is 0 Å². The van der Waals surface area contributed by atoms with Gasteiger partial charge in [0.15, 0.2) is 5.69 Å². The Morgan fingerprint density at radius 1 is 1.06 bits per heavy atom. The van der Waals surface area contributed by atoms with Crippen LogP contribution in [0, 0.1) is 6.57 Å². The number of ether oxygens (including phenoxy) is 1. The molecule has 0 aliphatic rings. The van der Waals surface area contributed by atoms with Gasteiger partial charge >= 0.3 is 6.09 Å². The molecule has 0 saturated heterocycles. The summed E-state index contributed by atoms with van der Waals surface area (Å²) >= 11 is 0. The van der Waals surface area contributed by atoms with Gasteiger partial charge in [-0.1, -0.05) is 30.3 Å². The second-order valence-corrected chi connectivity index (χ2v) is 3.49. The number of nitrogens with one attached hydrogen (secondary N) is 1. The van der Waals surface area contributed by atoms with Crippen LogP contribution >= 0.6 is 0 Å². The largest absolute Gasteiger partial charge is 0.417 e. The van der Waals surface area contributed by atoms with Crippen LogP contribution in [0.5, 0.6) is 5.75 Å². The van der Waals surface area contributed by atoms with Crippen LogP contribution in [-0.4, -0.2) is 6.09 Å². The van der Waals surface area contributed by atoms with Crippen LogP contribution in [0.4, 0.5) is 16.2 Å². The predicted molar refractivity (Wildman–Crippen MR) is 68.8 cm³/mol. The Morgan fingerprint density at radius 2 is 1.72 bits per heavy atom. The molecule has 1 N–H and O–H groups in total. The molecule has 0 aliphatic heterocycles. The Bertz CT molecular complexity index is 571. The lowest BCUT2D eigenvalue weighted by Crippen LogP contribution is -2.16. The number of anilines is 1. The number of hydrogen-bond donors (Lipinski definition) is 1. The highest BCUT2D eigenvalue weighted by Gasteiger charge is 2.04. The van der Waals surface area contributed by atoms with Crippen LogP contribution in [-0.2, 0) is 0 Å². The van der Waals surface area contributed by atoms with E-state index >= 15 is 0 Å². The summed E-state index contributed by atoms with van der Waals surface area (Å²) in [5.74, 6) is 0.399. The quantitative estimate of drug-likeness (QED) is 0.807. The molecule has 0 spiro atoms. The number of carbonyl (C=O) groups excluding carboxylic acids is 1. The number of amides is 1. The van der Waals surface area contributed by atoms with Gasteiger partial charge in [-0.3, -0.25) is 5.32 Å². The fraction of sp³-hybridized carbons (Fsp3) is 0. The fourth-order valence-electron chi connectivity index (χ4n) is 1.36. The zero-order valence-corrected chi connectivity index (χ0v) is 9.46. The summed E-state index contributed by atoms with van der Waals surface area (Å²) in [5, 5.41) is 2.60. The van der Waals surface area contributed by atoms with E-state index in [-0.39, 0.29) is 0 Å². The van der Waals surface area contributed by atoms with E-state index in [0.29, 0.717) is 17.1 Å². The van der Waals surface area contributed by atoms with Crippen molar-refractivity contribution < 1.29 is 9.53 Å². The van der Waals surface area contributed by atoms with Crippen molar-refractivity contribution >= 4 is 17.5 Å². The summed E-state index contributed by atoms with van der Waals surface area (Å²) in [7, 11) is 0. The third kappa shape index (κ3) is 3.09. The van der Waals surface area contributed by atoms with Gasteiger partial charge in [0.05, 0.1) is 6.57 Å². The van der Waals surface area contributed by atoms with E-state index in [2.05, 4.69) is 10.2 Å². The molecule has 0 unspecified atom stereocenters. The van der Waals surface area contributed by atoms with E-state index in [4.69, 9.17) is 11.3 Å². The maximum absolute atomic E-state index is 11.5. The Kier molecular flexibility index (Phi) is 3.57. The van der Waals surface area contributed by atoms with E-state index in [9.17, 15) is 4.79 Å². The van der Waals surface area contributed by atoms with Gasteiger partial charge in [-0.15, -0.1) is 0 Å². The van der Waals surface area contributed by atoms with E-state index < -0.39 is 6.09 Å². The molecule has 0 bridgehead atoms. The second-order valence-electron chi connectivity index (χ2n) is 3.49. The molecule has 2 aromatic carbocycles. The topological polar surface area (TPSA) is 42.7 Å². The molecule has 88 valence electrons. The Balaban J connectivity index is 1.97. The lowest BCUT2D eigenvalue weighted by Gasteiger charge is -2.06. The van der Waals surface area contributed by atoms with Crippen molar-refractivity contribution in [1.29, 1.82) is 0 Å². The van der Waals surface area contributed by atoms with Gasteiger partial charge in [0.2, 0.25) is 0 Å². The fourth-order valence-corrected chi connectivity index (χ4v) is 1.36. The van der Waals surface area contributed by atoms with Crippen molar-refractivity contribution in [3.8, 4) is 5.75 Å². The van der Waals surface area contributed by atoms with E-state index in [1.54, 1.807) is 36.4 Å². The maximum Gasteiger partial charge on any atom is 0.417 e. The van der Waals surface area contributed by atoms with Crippen LogP contribution in [0.25, 0.3) is 4.85 Å². The number of para-hydroxylation sites is 1. The van der Waals surface area contributed by atoms with Crippen molar-refractivity contribution in [2.75, 3.05) is 5.32 Å². The predicted octanol–water partition coefficient (Wildman–Crippen LogP) is 3.85. The zero-order chi connectivity index (χ0) is 12.8. The van der Waals surface area contributed by atoms with Crippen molar-refractivity contribution in [2.24, 2.45) is 0 Å². The first-order chi connectivity index (χ1) is 8.78. The molecule has 1 amide bonds. The van der Waals surface area contributed by atoms with E-state index in [0.717, 1.165) is 0 Å².